The maximum Gasteiger partial charge on any atom is 0.249 e. The Morgan fingerprint density at radius 2 is 2.04 bits per heavy atom. The maximum absolute atomic E-state index is 12.3. The molecular formula is C18H18N4O. The zero-order valence-corrected chi connectivity index (χ0v) is 13.1. The van der Waals surface area contributed by atoms with Gasteiger partial charge in [-0.25, -0.2) is 5.43 Å². The number of amides is 1. The Labute approximate surface area is 133 Å². The van der Waals surface area contributed by atoms with Crippen molar-refractivity contribution in [2.45, 2.75) is 20.3 Å². The van der Waals surface area contributed by atoms with E-state index in [0.717, 1.165) is 33.6 Å². The summed E-state index contributed by atoms with van der Waals surface area (Å²) in [5.41, 5.74) is 8.87. The van der Waals surface area contributed by atoms with E-state index in [1.807, 2.05) is 37.4 Å². The molecule has 0 fully saturated rings. The Morgan fingerprint density at radius 3 is 2.83 bits per heavy atom. The van der Waals surface area contributed by atoms with Crippen molar-refractivity contribution in [1.82, 2.24) is 15.4 Å². The predicted octanol–water partition coefficient (Wildman–Crippen LogP) is 2.81. The van der Waals surface area contributed by atoms with Gasteiger partial charge in [0.05, 0.1) is 11.6 Å². The highest BCUT2D eigenvalue weighted by Gasteiger charge is 2.33. The number of aromatic nitrogens is 2. The number of nitrogens with one attached hydrogen (secondary N) is 3. The zero-order chi connectivity index (χ0) is 16.0. The molecule has 23 heavy (non-hydrogen) atoms. The number of para-hydroxylation sites is 1. The van der Waals surface area contributed by atoms with Crippen LogP contribution in [-0.2, 0) is 11.2 Å². The van der Waals surface area contributed by atoms with Crippen LogP contribution in [-0.4, -0.2) is 21.6 Å². The highest BCUT2D eigenvalue weighted by molar-refractivity contribution is 6.21. The quantitative estimate of drug-likeness (QED) is 0.684. The first kappa shape index (κ1) is 13.8. The summed E-state index contributed by atoms with van der Waals surface area (Å²) in [6, 6.07) is 10.2. The molecule has 0 radical (unpaired) electrons. The van der Waals surface area contributed by atoms with Gasteiger partial charge in [0.1, 0.15) is 0 Å². The lowest BCUT2D eigenvalue weighted by atomic mass is 9.91. The van der Waals surface area contributed by atoms with E-state index in [0.29, 0.717) is 6.42 Å². The van der Waals surface area contributed by atoms with Crippen LogP contribution in [0.2, 0.25) is 0 Å². The van der Waals surface area contributed by atoms with Crippen LogP contribution < -0.4 is 5.43 Å². The van der Waals surface area contributed by atoms with Crippen LogP contribution in [0.1, 0.15) is 22.5 Å². The van der Waals surface area contributed by atoms with E-state index in [-0.39, 0.29) is 11.8 Å². The number of carbonyl (C=O) groups is 1. The van der Waals surface area contributed by atoms with E-state index in [4.69, 9.17) is 0 Å². The fourth-order valence-corrected chi connectivity index (χ4v) is 3.32. The highest BCUT2D eigenvalue weighted by atomic mass is 16.2. The van der Waals surface area contributed by atoms with Crippen LogP contribution >= 0.6 is 0 Å². The number of hydrogen-bond donors (Lipinski definition) is 3. The predicted molar refractivity (Wildman–Crippen MR) is 90.4 cm³/mol. The summed E-state index contributed by atoms with van der Waals surface area (Å²) >= 11 is 0. The van der Waals surface area contributed by atoms with Crippen molar-refractivity contribution in [3.63, 3.8) is 0 Å². The molecular weight excluding hydrogens is 288 g/mol. The second-order valence-corrected chi connectivity index (χ2v) is 6.09. The first-order chi connectivity index (χ1) is 11.1. The van der Waals surface area contributed by atoms with Crippen molar-refractivity contribution in [2.24, 2.45) is 11.0 Å². The van der Waals surface area contributed by atoms with Crippen molar-refractivity contribution in [3.05, 3.63) is 59.0 Å². The van der Waals surface area contributed by atoms with Crippen molar-refractivity contribution >= 4 is 22.5 Å². The molecule has 1 aliphatic rings. The second-order valence-electron chi connectivity index (χ2n) is 6.09. The number of fused-ring (bicyclic) bond motifs is 1. The minimum atomic E-state index is -0.272. The van der Waals surface area contributed by atoms with Crippen LogP contribution in [0.15, 0.2) is 41.6 Å². The van der Waals surface area contributed by atoms with Crippen molar-refractivity contribution in [2.75, 3.05) is 0 Å². The summed E-state index contributed by atoms with van der Waals surface area (Å²) in [6.45, 7) is 4.09. The van der Waals surface area contributed by atoms with Gasteiger partial charge >= 0.3 is 0 Å². The lowest BCUT2D eigenvalue weighted by molar-refractivity contribution is -0.122. The van der Waals surface area contributed by atoms with E-state index in [1.165, 1.54) is 5.56 Å². The van der Waals surface area contributed by atoms with Crippen molar-refractivity contribution < 1.29 is 4.79 Å². The van der Waals surface area contributed by atoms with E-state index in [2.05, 4.69) is 33.5 Å². The molecule has 5 heteroatoms. The average molecular weight is 306 g/mol. The van der Waals surface area contributed by atoms with Crippen molar-refractivity contribution in [3.8, 4) is 0 Å². The molecule has 1 atom stereocenters. The molecule has 0 bridgehead atoms. The summed E-state index contributed by atoms with van der Waals surface area (Å²) in [7, 11) is 0. The number of nitrogens with zero attached hydrogens (tertiary/aromatic N) is 1. The number of hydrogen-bond acceptors (Lipinski definition) is 2. The maximum atomic E-state index is 12.3. The highest BCUT2D eigenvalue weighted by Crippen LogP contribution is 2.26. The monoisotopic (exact) mass is 306 g/mol. The van der Waals surface area contributed by atoms with Crippen LogP contribution in [0.5, 0.6) is 0 Å². The Balaban J connectivity index is 1.73. The zero-order valence-electron chi connectivity index (χ0n) is 13.1. The number of rotatable bonds is 3. The van der Waals surface area contributed by atoms with E-state index >= 15 is 0 Å². The lowest BCUT2D eigenvalue weighted by Crippen LogP contribution is -2.26. The molecule has 0 aliphatic carbocycles. The molecule has 0 saturated heterocycles. The molecule has 0 saturated carbocycles. The first-order valence-corrected chi connectivity index (χ1v) is 7.72. The second kappa shape index (κ2) is 5.12. The lowest BCUT2D eigenvalue weighted by Gasteiger charge is -2.10. The first-order valence-electron chi connectivity index (χ1n) is 7.72. The fourth-order valence-electron chi connectivity index (χ4n) is 3.32. The van der Waals surface area contributed by atoms with Crippen LogP contribution in [0.4, 0.5) is 0 Å². The van der Waals surface area contributed by atoms with Gasteiger partial charge in [0.2, 0.25) is 5.91 Å². The van der Waals surface area contributed by atoms with Gasteiger partial charge in [-0.05, 0) is 31.5 Å². The summed E-state index contributed by atoms with van der Waals surface area (Å²) in [4.78, 5) is 18.9. The number of aryl methyl sites for hydroxylation is 2. The smallest absolute Gasteiger partial charge is 0.249 e. The van der Waals surface area contributed by atoms with Crippen LogP contribution in [0.3, 0.4) is 0 Å². The Bertz CT molecular complexity index is 932. The SMILES string of the molecule is Cc1cc(C)c(CC2C(=O)NN=C2c2c[nH]c3ccccc23)[nH]1. The summed E-state index contributed by atoms with van der Waals surface area (Å²) in [5, 5.41) is 5.40. The summed E-state index contributed by atoms with van der Waals surface area (Å²) < 4.78 is 0. The Hall–Kier alpha value is -2.82. The molecule has 1 unspecified atom stereocenters. The fraction of sp³-hybridized carbons (Fsp3) is 0.222. The molecule has 2 aromatic heterocycles. The van der Waals surface area contributed by atoms with Gasteiger partial charge in [-0.3, -0.25) is 4.79 Å². The van der Waals surface area contributed by atoms with E-state index < -0.39 is 0 Å². The number of hydrazone groups is 1. The number of H-pyrrole nitrogens is 2. The third kappa shape index (κ3) is 2.25. The molecule has 1 aliphatic heterocycles. The molecule has 3 aromatic rings. The minimum Gasteiger partial charge on any atom is -0.362 e. The molecule has 0 spiro atoms. The minimum absolute atomic E-state index is 0.0445. The van der Waals surface area contributed by atoms with Gasteiger partial charge in [0.15, 0.2) is 0 Å². The number of carbonyl (C=O) groups excluding carboxylic acids is 1. The topological polar surface area (TPSA) is 73.0 Å². The Kier molecular flexibility index (Phi) is 3.08. The summed E-state index contributed by atoms with van der Waals surface area (Å²) in [5.74, 6) is -0.317. The van der Waals surface area contributed by atoms with Crippen molar-refractivity contribution in [1.29, 1.82) is 0 Å². The van der Waals surface area contributed by atoms with E-state index in [9.17, 15) is 4.79 Å². The standard InChI is InChI=1S/C18H18N4O/c1-10-7-11(2)20-16(10)8-13-17(21-22-18(13)23)14-9-19-15-6-4-3-5-12(14)15/h3-7,9,13,19-20H,8H2,1-2H3,(H,22,23). The van der Waals surface area contributed by atoms with E-state index in [1.54, 1.807) is 0 Å². The third-order valence-electron chi connectivity index (χ3n) is 4.46. The molecule has 3 heterocycles. The molecule has 3 N–H and O–H groups in total. The van der Waals surface area contributed by atoms with Gasteiger partial charge in [-0.1, -0.05) is 18.2 Å². The van der Waals surface area contributed by atoms with Gasteiger partial charge in [0, 0.05) is 40.5 Å². The average Bonchev–Trinajstić information content (AvgIpc) is 3.19. The van der Waals surface area contributed by atoms with Gasteiger partial charge < -0.3 is 9.97 Å². The van der Waals surface area contributed by atoms with Crippen LogP contribution in [0.25, 0.3) is 10.9 Å². The molecule has 116 valence electrons. The molecule has 4 rings (SSSR count). The Morgan fingerprint density at radius 1 is 1.22 bits per heavy atom. The molecule has 1 aromatic carbocycles. The third-order valence-corrected chi connectivity index (χ3v) is 4.46. The molecule has 1 amide bonds. The normalized spacial score (nSPS) is 17.6. The molecule has 5 nitrogen and oxygen atoms in total. The summed E-state index contributed by atoms with van der Waals surface area (Å²) in [6.07, 6.45) is 2.56. The largest absolute Gasteiger partial charge is 0.362 e. The van der Waals surface area contributed by atoms with Gasteiger partial charge in [0.25, 0.3) is 0 Å². The van der Waals surface area contributed by atoms with Gasteiger partial charge in [-0.15, -0.1) is 0 Å². The van der Waals surface area contributed by atoms with Gasteiger partial charge in [-0.2, -0.15) is 5.10 Å². The van der Waals surface area contributed by atoms with Crippen LogP contribution in [0, 0.1) is 19.8 Å². The number of benzene rings is 1. The number of aromatic amines is 2.